The van der Waals surface area contributed by atoms with Crippen molar-refractivity contribution in [2.45, 2.75) is 114 Å². The van der Waals surface area contributed by atoms with Crippen LogP contribution in [0.1, 0.15) is 108 Å². The first-order valence-electron chi connectivity index (χ1n) is 8.72. The average molecular weight is 289 g/mol. The number of aliphatic hydroxyl groups is 1. The van der Waals surface area contributed by atoms with E-state index in [2.05, 4.69) is 41.5 Å². The monoisotopic (exact) mass is 288 g/mol. The summed E-state index contributed by atoms with van der Waals surface area (Å²) < 4.78 is 0. The van der Waals surface area contributed by atoms with Crippen LogP contribution in [-0.2, 0) is 0 Å². The molecule has 0 spiro atoms. The molecule has 0 unspecified atom stereocenters. The van der Waals surface area contributed by atoms with Crippen molar-refractivity contribution in [1.82, 2.24) is 0 Å². The molecule has 0 aromatic rings. The maximum absolute atomic E-state index is 8.06. The summed E-state index contributed by atoms with van der Waals surface area (Å²) in [6.07, 6.45) is 8.23. The van der Waals surface area contributed by atoms with Crippen molar-refractivity contribution in [2.24, 2.45) is 10.8 Å². The third-order valence-corrected chi connectivity index (χ3v) is 3.94. The third kappa shape index (κ3) is 18.0. The van der Waals surface area contributed by atoms with Crippen LogP contribution in [-0.4, -0.2) is 11.2 Å². The highest BCUT2D eigenvalue weighted by molar-refractivity contribution is 4.81. The van der Waals surface area contributed by atoms with Gasteiger partial charge in [0.2, 0.25) is 0 Å². The van der Waals surface area contributed by atoms with Gasteiger partial charge in [0.1, 0.15) is 0 Å². The Bertz CT molecular complexity index is 172. The molecule has 0 rings (SSSR count). The van der Waals surface area contributed by atoms with Gasteiger partial charge in [0.05, 0.1) is 0 Å². The lowest BCUT2D eigenvalue weighted by Crippen LogP contribution is -2.29. The molecule has 20 heavy (non-hydrogen) atoms. The second kappa shape index (κ2) is 13.9. The van der Waals surface area contributed by atoms with Crippen LogP contribution in [0.5, 0.6) is 0 Å². The van der Waals surface area contributed by atoms with Crippen molar-refractivity contribution in [3.05, 3.63) is 0 Å². The summed E-state index contributed by atoms with van der Waals surface area (Å²) in [5, 5.41) is 8.06. The molecule has 0 atom stereocenters. The zero-order chi connectivity index (χ0) is 16.8. The van der Waals surface area contributed by atoms with Gasteiger partial charge < -0.3 is 5.11 Å². The fourth-order valence-corrected chi connectivity index (χ4v) is 1.55. The maximum atomic E-state index is 8.06. The average Bonchev–Trinajstić information content (AvgIpc) is 2.29. The van der Waals surface area contributed by atoms with Gasteiger partial charge in [-0.2, -0.15) is 0 Å². The Morgan fingerprint density at radius 3 is 1.45 bits per heavy atom. The lowest BCUT2D eigenvalue weighted by molar-refractivity contribution is 0.115. The van der Waals surface area contributed by atoms with E-state index in [0.29, 0.717) is 10.8 Å². The molecule has 1 heteroatoms. The normalized spacial score (nSPS) is 11.4. The van der Waals surface area contributed by atoms with E-state index in [-0.39, 0.29) is 6.10 Å². The lowest BCUT2D eigenvalue weighted by Gasteiger charge is -2.39. The SMILES string of the molecule is CC.CC(C)O.CCCCCCCC(C)(C)C(C)(C)C. The predicted octanol–water partition coefficient (Wildman–Crippen LogP) is 6.83. The molecule has 0 aliphatic heterocycles. The van der Waals surface area contributed by atoms with Crippen molar-refractivity contribution in [3.8, 4) is 0 Å². The highest BCUT2D eigenvalue weighted by atomic mass is 16.3. The van der Waals surface area contributed by atoms with Gasteiger partial charge in [-0.25, -0.2) is 0 Å². The molecular formula is C19H44O. The number of hydrogen-bond donors (Lipinski definition) is 1. The molecule has 0 fully saturated rings. The molecule has 0 aromatic carbocycles. The molecule has 0 radical (unpaired) electrons. The Labute approximate surface area is 130 Å². The highest BCUT2D eigenvalue weighted by Gasteiger charge is 2.31. The smallest absolute Gasteiger partial charge is 0.0483 e. The van der Waals surface area contributed by atoms with E-state index < -0.39 is 0 Å². The number of unbranched alkanes of at least 4 members (excludes halogenated alkanes) is 4. The molecule has 0 amide bonds. The van der Waals surface area contributed by atoms with Crippen LogP contribution >= 0.6 is 0 Å². The van der Waals surface area contributed by atoms with Crippen LogP contribution < -0.4 is 0 Å². The minimum Gasteiger partial charge on any atom is -0.394 e. The van der Waals surface area contributed by atoms with Gasteiger partial charge in [-0.05, 0) is 31.1 Å². The maximum Gasteiger partial charge on any atom is 0.0483 e. The second-order valence-electron chi connectivity index (χ2n) is 7.39. The topological polar surface area (TPSA) is 20.2 Å². The summed E-state index contributed by atoms with van der Waals surface area (Å²) in [5.74, 6) is 0. The zero-order valence-electron chi connectivity index (χ0n) is 16.3. The summed E-state index contributed by atoms with van der Waals surface area (Å²) in [5.41, 5.74) is 0.928. The second-order valence-corrected chi connectivity index (χ2v) is 7.39. The first kappa shape index (κ1) is 24.9. The number of rotatable bonds is 6. The van der Waals surface area contributed by atoms with Gasteiger partial charge >= 0.3 is 0 Å². The predicted molar refractivity (Wildman–Crippen MR) is 95.3 cm³/mol. The highest BCUT2D eigenvalue weighted by Crippen LogP contribution is 2.41. The first-order valence-corrected chi connectivity index (χ1v) is 8.72. The van der Waals surface area contributed by atoms with Crippen molar-refractivity contribution in [1.29, 1.82) is 0 Å². The standard InChI is InChI=1S/C14H30.C3H8O.C2H6/c1-7-8-9-10-11-12-14(5,6)13(2,3)4;1-3(2)4;1-2/h7-12H2,1-6H3;3-4H,1-2H3;1-2H3. The Morgan fingerprint density at radius 1 is 0.800 bits per heavy atom. The van der Waals surface area contributed by atoms with Crippen molar-refractivity contribution in [3.63, 3.8) is 0 Å². The zero-order valence-corrected chi connectivity index (χ0v) is 16.3. The van der Waals surface area contributed by atoms with E-state index >= 15 is 0 Å². The molecular weight excluding hydrogens is 244 g/mol. The van der Waals surface area contributed by atoms with Crippen LogP contribution in [0.4, 0.5) is 0 Å². The molecule has 0 heterocycles. The minimum atomic E-state index is -0.167. The molecule has 0 aliphatic carbocycles. The van der Waals surface area contributed by atoms with Crippen molar-refractivity contribution < 1.29 is 5.11 Å². The van der Waals surface area contributed by atoms with Crippen LogP contribution in [0.2, 0.25) is 0 Å². The first-order chi connectivity index (χ1) is 9.04. The van der Waals surface area contributed by atoms with E-state index in [1.54, 1.807) is 13.8 Å². The molecule has 126 valence electrons. The molecule has 0 aromatic heterocycles. The quantitative estimate of drug-likeness (QED) is 0.531. The van der Waals surface area contributed by atoms with Crippen LogP contribution in [0.3, 0.4) is 0 Å². The molecule has 0 bridgehead atoms. The van der Waals surface area contributed by atoms with E-state index in [1.807, 2.05) is 13.8 Å². The lowest BCUT2D eigenvalue weighted by atomic mass is 9.67. The molecule has 0 aliphatic rings. The molecule has 0 saturated heterocycles. The Kier molecular flexibility index (Phi) is 17.4. The van der Waals surface area contributed by atoms with Gasteiger partial charge in [-0.15, -0.1) is 0 Å². The summed E-state index contributed by atoms with van der Waals surface area (Å²) >= 11 is 0. The number of hydrogen-bond acceptors (Lipinski definition) is 1. The fourth-order valence-electron chi connectivity index (χ4n) is 1.55. The van der Waals surface area contributed by atoms with Crippen molar-refractivity contribution in [2.75, 3.05) is 0 Å². The Morgan fingerprint density at radius 2 is 1.15 bits per heavy atom. The molecule has 0 saturated carbocycles. The van der Waals surface area contributed by atoms with Crippen LogP contribution in [0, 0.1) is 10.8 Å². The molecule has 1 N–H and O–H groups in total. The summed E-state index contributed by atoms with van der Waals surface area (Å²) in [7, 11) is 0. The van der Waals surface area contributed by atoms with Gasteiger partial charge in [0.15, 0.2) is 0 Å². The summed E-state index contributed by atoms with van der Waals surface area (Å²) in [6, 6.07) is 0. The van der Waals surface area contributed by atoms with E-state index in [0.717, 1.165) is 0 Å². The summed E-state index contributed by atoms with van der Waals surface area (Å²) in [6.45, 7) is 21.6. The van der Waals surface area contributed by atoms with Crippen LogP contribution in [0.15, 0.2) is 0 Å². The van der Waals surface area contributed by atoms with Gasteiger partial charge in [0, 0.05) is 6.10 Å². The summed E-state index contributed by atoms with van der Waals surface area (Å²) in [4.78, 5) is 0. The van der Waals surface area contributed by atoms with E-state index in [4.69, 9.17) is 5.11 Å². The van der Waals surface area contributed by atoms with Crippen LogP contribution in [0.25, 0.3) is 0 Å². The van der Waals surface area contributed by atoms with Gasteiger partial charge in [-0.1, -0.05) is 87.5 Å². The minimum absolute atomic E-state index is 0.167. The van der Waals surface area contributed by atoms with Crippen molar-refractivity contribution >= 4 is 0 Å². The van der Waals surface area contributed by atoms with E-state index in [1.165, 1.54) is 38.5 Å². The van der Waals surface area contributed by atoms with Gasteiger partial charge in [0.25, 0.3) is 0 Å². The fraction of sp³-hybridized carbons (Fsp3) is 1.00. The molecule has 1 nitrogen and oxygen atoms in total. The third-order valence-electron chi connectivity index (χ3n) is 3.94. The largest absolute Gasteiger partial charge is 0.394 e. The van der Waals surface area contributed by atoms with E-state index in [9.17, 15) is 0 Å². The number of aliphatic hydroxyl groups excluding tert-OH is 1. The Hall–Kier alpha value is -0.0400. The van der Waals surface area contributed by atoms with Gasteiger partial charge in [-0.3, -0.25) is 0 Å². The Balaban J connectivity index is -0.000000410.